The summed E-state index contributed by atoms with van der Waals surface area (Å²) in [7, 11) is 1.67. The Kier molecular flexibility index (Phi) is 7.42. The molecular weight excluding hydrogens is 306 g/mol. The van der Waals surface area contributed by atoms with Gasteiger partial charge >= 0.3 is 0 Å². The number of methoxy groups -OCH3 is 1. The molecule has 0 heterocycles. The Hall–Kier alpha value is -0.580. The molecule has 3 nitrogen and oxygen atoms in total. The zero-order valence-corrected chi connectivity index (χ0v) is 13.8. The van der Waals surface area contributed by atoms with Crippen molar-refractivity contribution in [3.63, 3.8) is 0 Å². The molecule has 108 valence electrons. The summed E-state index contributed by atoms with van der Waals surface area (Å²) in [6.07, 6.45) is 0. The van der Waals surface area contributed by atoms with E-state index in [0.29, 0.717) is 12.0 Å². The van der Waals surface area contributed by atoms with Crippen molar-refractivity contribution in [3.05, 3.63) is 28.2 Å². The highest BCUT2D eigenvalue weighted by atomic mass is 79.9. The van der Waals surface area contributed by atoms with Crippen molar-refractivity contribution in [1.29, 1.82) is 0 Å². The van der Waals surface area contributed by atoms with Crippen LogP contribution < -0.4 is 10.1 Å². The van der Waals surface area contributed by atoms with Crippen LogP contribution in [0.25, 0.3) is 0 Å². The van der Waals surface area contributed by atoms with Gasteiger partial charge in [0.2, 0.25) is 0 Å². The molecule has 1 atom stereocenters. The summed E-state index contributed by atoms with van der Waals surface area (Å²) in [5, 5.41) is 3.45. The van der Waals surface area contributed by atoms with Crippen molar-refractivity contribution in [2.45, 2.75) is 26.8 Å². The first kappa shape index (κ1) is 16.5. The number of halogens is 1. The fourth-order valence-electron chi connectivity index (χ4n) is 1.74. The molecule has 1 rings (SSSR count). The van der Waals surface area contributed by atoms with E-state index in [1.54, 1.807) is 7.11 Å². The molecule has 0 radical (unpaired) electrons. The number of hydrogen-bond donors (Lipinski definition) is 1. The first-order valence-corrected chi connectivity index (χ1v) is 7.48. The molecule has 0 saturated heterocycles. The second kappa shape index (κ2) is 8.56. The second-order valence-electron chi connectivity index (χ2n) is 5.04. The Balaban J connectivity index is 2.37. The van der Waals surface area contributed by atoms with Gasteiger partial charge in [-0.25, -0.2) is 0 Å². The molecule has 0 aliphatic heterocycles. The van der Waals surface area contributed by atoms with Crippen molar-refractivity contribution in [2.24, 2.45) is 5.92 Å². The average Bonchev–Trinajstić information content (AvgIpc) is 2.37. The number of nitrogens with one attached hydrogen (secondary N) is 1. The van der Waals surface area contributed by atoms with Crippen molar-refractivity contribution >= 4 is 15.9 Å². The smallest absolute Gasteiger partial charge is 0.133 e. The Bertz CT molecular complexity index is 382. The van der Waals surface area contributed by atoms with E-state index in [2.05, 4.69) is 54.2 Å². The van der Waals surface area contributed by atoms with E-state index in [1.165, 1.54) is 5.56 Å². The summed E-state index contributed by atoms with van der Waals surface area (Å²) in [5.41, 5.74) is 1.23. The lowest BCUT2D eigenvalue weighted by atomic mass is 10.1. The van der Waals surface area contributed by atoms with E-state index in [-0.39, 0.29) is 0 Å². The van der Waals surface area contributed by atoms with Gasteiger partial charge in [0.05, 0.1) is 18.2 Å². The highest BCUT2D eigenvalue weighted by Crippen LogP contribution is 2.27. The summed E-state index contributed by atoms with van der Waals surface area (Å²) in [6.45, 7) is 8.90. The minimum atomic E-state index is 0.296. The van der Waals surface area contributed by atoms with Crippen molar-refractivity contribution in [2.75, 3.05) is 26.9 Å². The van der Waals surface area contributed by atoms with Crippen molar-refractivity contribution in [1.82, 2.24) is 5.32 Å². The summed E-state index contributed by atoms with van der Waals surface area (Å²) in [5.74, 6) is 1.45. The molecule has 0 saturated carbocycles. The molecule has 1 aromatic carbocycles. The molecule has 0 fully saturated rings. The van der Waals surface area contributed by atoms with Crippen LogP contribution in [0.5, 0.6) is 5.75 Å². The molecule has 4 heteroatoms. The third-order valence-electron chi connectivity index (χ3n) is 2.82. The Morgan fingerprint density at radius 1 is 1.26 bits per heavy atom. The number of ether oxygens (including phenoxy) is 2. The van der Waals surface area contributed by atoms with Crippen LogP contribution in [0.3, 0.4) is 0 Å². The third kappa shape index (κ3) is 5.93. The molecule has 0 spiro atoms. The fraction of sp³-hybridized carbons (Fsp3) is 0.600. The Labute approximate surface area is 124 Å². The van der Waals surface area contributed by atoms with Crippen LogP contribution >= 0.6 is 15.9 Å². The highest BCUT2D eigenvalue weighted by molar-refractivity contribution is 9.10. The van der Waals surface area contributed by atoms with Crippen LogP contribution in [0.1, 0.15) is 32.4 Å². The molecule has 1 unspecified atom stereocenters. The minimum absolute atomic E-state index is 0.296. The van der Waals surface area contributed by atoms with Gasteiger partial charge in [0.1, 0.15) is 5.75 Å². The van der Waals surface area contributed by atoms with Gasteiger partial charge in [0.25, 0.3) is 0 Å². The van der Waals surface area contributed by atoms with Gasteiger partial charge in [-0.2, -0.15) is 0 Å². The normalized spacial score (nSPS) is 12.7. The maximum atomic E-state index is 5.55. The topological polar surface area (TPSA) is 30.5 Å². The van der Waals surface area contributed by atoms with Crippen LogP contribution in [0, 0.1) is 5.92 Å². The van der Waals surface area contributed by atoms with Gasteiger partial charge in [-0.1, -0.05) is 19.9 Å². The minimum Gasteiger partial charge on any atom is -0.496 e. The zero-order chi connectivity index (χ0) is 14.3. The molecule has 0 aromatic heterocycles. The monoisotopic (exact) mass is 329 g/mol. The molecule has 0 amide bonds. The second-order valence-corrected chi connectivity index (χ2v) is 5.89. The van der Waals surface area contributed by atoms with E-state index < -0.39 is 0 Å². The number of benzene rings is 1. The molecule has 0 aliphatic rings. The van der Waals surface area contributed by atoms with E-state index >= 15 is 0 Å². The molecule has 1 aromatic rings. The predicted molar refractivity (Wildman–Crippen MR) is 82.8 cm³/mol. The van der Waals surface area contributed by atoms with Gasteiger partial charge in [0.15, 0.2) is 0 Å². The lowest BCUT2D eigenvalue weighted by molar-refractivity contribution is 0.110. The van der Waals surface area contributed by atoms with E-state index in [4.69, 9.17) is 9.47 Å². The van der Waals surface area contributed by atoms with Crippen LogP contribution in [0.15, 0.2) is 22.7 Å². The highest BCUT2D eigenvalue weighted by Gasteiger charge is 2.07. The standard InChI is InChI=1S/C15H24BrNO2/c1-11(2)10-19-8-7-17-12(3)13-5-6-15(18-4)14(16)9-13/h5-6,9,11-12,17H,7-8,10H2,1-4H3. The molecule has 0 bridgehead atoms. The quantitative estimate of drug-likeness (QED) is 0.736. The maximum absolute atomic E-state index is 5.55. The summed E-state index contributed by atoms with van der Waals surface area (Å²) in [4.78, 5) is 0. The average molecular weight is 330 g/mol. The van der Waals surface area contributed by atoms with E-state index in [9.17, 15) is 0 Å². The van der Waals surface area contributed by atoms with Crippen molar-refractivity contribution in [3.8, 4) is 5.75 Å². The number of rotatable bonds is 8. The van der Waals surface area contributed by atoms with Crippen LogP contribution in [-0.4, -0.2) is 26.9 Å². The molecular formula is C15H24BrNO2. The Morgan fingerprint density at radius 3 is 2.58 bits per heavy atom. The van der Waals surface area contributed by atoms with E-state index in [0.717, 1.165) is 30.0 Å². The summed E-state index contributed by atoms with van der Waals surface area (Å²) in [6, 6.07) is 6.44. The summed E-state index contributed by atoms with van der Waals surface area (Å²) >= 11 is 3.51. The number of hydrogen-bond acceptors (Lipinski definition) is 3. The Morgan fingerprint density at radius 2 is 2.00 bits per heavy atom. The first-order chi connectivity index (χ1) is 9.04. The van der Waals surface area contributed by atoms with Crippen molar-refractivity contribution < 1.29 is 9.47 Å². The molecule has 0 aliphatic carbocycles. The van der Waals surface area contributed by atoms with Gasteiger partial charge in [-0.3, -0.25) is 0 Å². The lowest BCUT2D eigenvalue weighted by Gasteiger charge is -2.16. The maximum Gasteiger partial charge on any atom is 0.133 e. The predicted octanol–water partition coefficient (Wildman–Crippen LogP) is 3.78. The van der Waals surface area contributed by atoms with Crippen LogP contribution in [0.4, 0.5) is 0 Å². The lowest BCUT2D eigenvalue weighted by Crippen LogP contribution is -2.24. The van der Waals surface area contributed by atoms with E-state index in [1.807, 2.05) is 6.07 Å². The molecule has 1 N–H and O–H groups in total. The van der Waals surface area contributed by atoms with Crippen LogP contribution in [0.2, 0.25) is 0 Å². The third-order valence-corrected chi connectivity index (χ3v) is 3.44. The van der Waals surface area contributed by atoms with Gasteiger partial charge in [-0.05, 0) is 46.5 Å². The first-order valence-electron chi connectivity index (χ1n) is 6.69. The largest absolute Gasteiger partial charge is 0.496 e. The van der Waals surface area contributed by atoms with Gasteiger partial charge in [-0.15, -0.1) is 0 Å². The van der Waals surface area contributed by atoms with Gasteiger partial charge in [0, 0.05) is 19.2 Å². The zero-order valence-electron chi connectivity index (χ0n) is 12.2. The van der Waals surface area contributed by atoms with Gasteiger partial charge < -0.3 is 14.8 Å². The van der Waals surface area contributed by atoms with Crippen LogP contribution in [-0.2, 0) is 4.74 Å². The fourth-order valence-corrected chi connectivity index (χ4v) is 2.29. The molecule has 19 heavy (non-hydrogen) atoms. The summed E-state index contributed by atoms with van der Waals surface area (Å²) < 4.78 is 11.8. The SMILES string of the molecule is COc1ccc(C(C)NCCOCC(C)C)cc1Br.